The zero-order valence-corrected chi connectivity index (χ0v) is 19.0. The predicted octanol–water partition coefficient (Wildman–Crippen LogP) is 5.27. The number of hydrogen-bond donors (Lipinski definition) is 1. The van der Waals surface area contributed by atoms with E-state index in [9.17, 15) is 9.18 Å². The number of hydrogen-bond acceptors (Lipinski definition) is 4. The zero-order valence-electron chi connectivity index (χ0n) is 19.0. The average Bonchev–Trinajstić information content (AvgIpc) is 2.79. The first-order valence-electron chi connectivity index (χ1n) is 11.2. The molecule has 1 amide bonds. The third kappa shape index (κ3) is 6.40. The summed E-state index contributed by atoms with van der Waals surface area (Å²) in [5.41, 5.74) is 3.23. The summed E-state index contributed by atoms with van der Waals surface area (Å²) >= 11 is 0. The van der Waals surface area contributed by atoms with Crippen LogP contribution in [0.5, 0.6) is 5.75 Å². The van der Waals surface area contributed by atoms with Crippen LogP contribution in [0, 0.1) is 5.82 Å². The Bertz CT molecular complexity index is 1080. The highest BCUT2D eigenvalue weighted by Gasteiger charge is 2.23. The van der Waals surface area contributed by atoms with Crippen molar-refractivity contribution in [2.75, 3.05) is 18.4 Å². The molecule has 0 radical (unpaired) electrons. The Hall–Kier alpha value is -3.22. The van der Waals surface area contributed by atoms with Gasteiger partial charge in [-0.2, -0.15) is 0 Å². The van der Waals surface area contributed by atoms with Gasteiger partial charge in [0.05, 0.1) is 12.2 Å². The summed E-state index contributed by atoms with van der Waals surface area (Å²) in [5, 5.41) is 3.05. The summed E-state index contributed by atoms with van der Waals surface area (Å²) in [7, 11) is 0. The van der Waals surface area contributed by atoms with Gasteiger partial charge in [-0.25, -0.2) is 4.39 Å². The van der Waals surface area contributed by atoms with Gasteiger partial charge in [0, 0.05) is 30.9 Å². The zero-order chi connectivity index (χ0) is 23.2. The Kier molecular flexibility index (Phi) is 7.37. The largest absolute Gasteiger partial charge is 0.489 e. The summed E-state index contributed by atoms with van der Waals surface area (Å²) in [6.07, 6.45) is 0.376. The van der Waals surface area contributed by atoms with Crippen molar-refractivity contribution >= 4 is 11.6 Å². The van der Waals surface area contributed by atoms with Gasteiger partial charge in [-0.05, 0) is 61.4 Å². The summed E-state index contributed by atoms with van der Waals surface area (Å²) in [4.78, 5) is 15.3. The van der Waals surface area contributed by atoms with Gasteiger partial charge in [-0.1, -0.05) is 36.4 Å². The number of morpholine rings is 1. The highest BCUT2D eigenvalue weighted by molar-refractivity contribution is 6.04. The van der Waals surface area contributed by atoms with Crippen LogP contribution >= 0.6 is 0 Å². The second-order valence-electron chi connectivity index (χ2n) is 8.51. The normalized spacial score (nSPS) is 18.6. The van der Waals surface area contributed by atoms with Crippen LogP contribution in [0.25, 0.3) is 0 Å². The molecule has 0 saturated carbocycles. The first-order chi connectivity index (χ1) is 16.0. The van der Waals surface area contributed by atoms with Crippen molar-refractivity contribution in [1.82, 2.24) is 4.90 Å². The average molecular weight is 449 g/mol. The number of para-hydroxylation sites is 1. The van der Waals surface area contributed by atoms with Crippen LogP contribution < -0.4 is 10.1 Å². The van der Waals surface area contributed by atoms with Gasteiger partial charge in [0.25, 0.3) is 5.91 Å². The molecule has 33 heavy (non-hydrogen) atoms. The molecule has 0 bridgehead atoms. The third-order valence-corrected chi connectivity index (χ3v) is 5.57. The number of amides is 1. The molecule has 0 aliphatic carbocycles. The molecule has 0 aromatic heterocycles. The quantitative estimate of drug-likeness (QED) is 0.535. The second-order valence-corrected chi connectivity index (χ2v) is 8.51. The molecule has 2 unspecified atom stereocenters. The number of halogens is 1. The van der Waals surface area contributed by atoms with E-state index in [4.69, 9.17) is 9.47 Å². The van der Waals surface area contributed by atoms with Gasteiger partial charge >= 0.3 is 0 Å². The Balaban J connectivity index is 1.41. The highest BCUT2D eigenvalue weighted by atomic mass is 19.1. The lowest BCUT2D eigenvalue weighted by Gasteiger charge is -2.35. The van der Waals surface area contributed by atoms with E-state index in [2.05, 4.69) is 24.1 Å². The van der Waals surface area contributed by atoms with Gasteiger partial charge in [-0.15, -0.1) is 0 Å². The Labute approximate surface area is 194 Å². The van der Waals surface area contributed by atoms with E-state index >= 15 is 0 Å². The van der Waals surface area contributed by atoms with Crippen LogP contribution in [-0.2, 0) is 17.9 Å². The van der Waals surface area contributed by atoms with Crippen LogP contribution in [0.4, 0.5) is 10.1 Å². The van der Waals surface area contributed by atoms with Crippen molar-refractivity contribution in [3.05, 3.63) is 95.3 Å². The molecule has 1 aliphatic rings. The molecule has 3 aromatic carbocycles. The lowest BCUT2D eigenvalue weighted by atomic mass is 10.1. The molecule has 1 aliphatic heterocycles. The van der Waals surface area contributed by atoms with Gasteiger partial charge in [0.1, 0.15) is 18.2 Å². The lowest BCUT2D eigenvalue weighted by molar-refractivity contribution is -0.0704. The summed E-state index contributed by atoms with van der Waals surface area (Å²) in [5.74, 6) is 0.102. The van der Waals surface area contributed by atoms with Crippen LogP contribution in [0.2, 0.25) is 0 Å². The van der Waals surface area contributed by atoms with E-state index in [0.29, 0.717) is 17.9 Å². The number of carbonyl (C=O) groups is 1. The maximum atomic E-state index is 13.1. The van der Waals surface area contributed by atoms with E-state index < -0.39 is 0 Å². The molecule has 3 aromatic rings. The molecular weight excluding hydrogens is 419 g/mol. The molecule has 1 saturated heterocycles. The minimum atomic E-state index is -0.282. The maximum absolute atomic E-state index is 13.1. The van der Waals surface area contributed by atoms with E-state index in [1.165, 1.54) is 12.1 Å². The van der Waals surface area contributed by atoms with Gasteiger partial charge < -0.3 is 14.8 Å². The number of anilines is 1. The van der Waals surface area contributed by atoms with Crippen LogP contribution in [0.3, 0.4) is 0 Å². The summed E-state index contributed by atoms with van der Waals surface area (Å²) < 4.78 is 24.7. The van der Waals surface area contributed by atoms with E-state index in [1.807, 2.05) is 24.3 Å². The Morgan fingerprint density at radius 3 is 2.52 bits per heavy atom. The lowest BCUT2D eigenvalue weighted by Crippen LogP contribution is -2.44. The highest BCUT2D eigenvalue weighted by Crippen LogP contribution is 2.22. The van der Waals surface area contributed by atoms with Crippen LogP contribution in [0.15, 0.2) is 72.8 Å². The van der Waals surface area contributed by atoms with Crippen LogP contribution in [-0.4, -0.2) is 36.1 Å². The molecule has 1 heterocycles. The maximum Gasteiger partial charge on any atom is 0.255 e. The molecule has 1 fully saturated rings. The Morgan fingerprint density at radius 1 is 1.03 bits per heavy atom. The number of rotatable bonds is 7. The number of ether oxygens (including phenoxy) is 2. The van der Waals surface area contributed by atoms with Gasteiger partial charge in [0.2, 0.25) is 0 Å². The van der Waals surface area contributed by atoms with Crippen molar-refractivity contribution in [3.63, 3.8) is 0 Å². The first kappa shape index (κ1) is 23.0. The number of benzene rings is 3. The molecule has 0 spiro atoms. The SMILES string of the molecule is CC1CN(Cc2ccccc2NC(=O)c2cccc(OCc3ccc(F)cc3)c2)CC(C)O1. The Morgan fingerprint density at radius 2 is 1.76 bits per heavy atom. The minimum Gasteiger partial charge on any atom is -0.489 e. The second kappa shape index (κ2) is 10.6. The molecule has 6 heteroatoms. The van der Waals surface area contributed by atoms with Gasteiger partial charge in [0.15, 0.2) is 0 Å². The van der Waals surface area contributed by atoms with Crippen molar-refractivity contribution < 1.29 is 18.7 Å². The van der Waals surface area contributed by atoms with Crippen molar-refractivity contribution in [3.8, 4) is 5.75 Å². The van der Waals surface area contributed by atoms with E-state index in [1.54, 1.807) is 36.4 Å². The number of nitrogens with one attached hydrogen (secondary N) is 1. The first-order valence-corrected chi connectivity index (χ1v) is 11.2. The molecular formula is C27H29FN2O3. The molecule has 2 atom stereocenters. The predicted molar refractivity (Wildman–Crippen MR) is 127 cm³/mol. The van der Waals surface area contributed by atoms with Crippen molar-refractivity contribution in [2.45, 2.75) is 39.2 Å². The smallest absolute Gasteiger partial charge is 0.255 e. The summed E-state index contributed by atoms with van der Waals surface area (Å²) in [6.45, 7) is 6.93. The third-order valence-electron chi connectivity index (χ3n) is 5.57. The van der Waals surface area contributed by atoms with Crippen molar-refractivity contribution in [2.24, 2.45) is 0 Å². The minimum absolute atomic E-state index is 0.188. The molecule has 4 rings (SSSR count). The number of carbonyl (C=O) groups excluding carboxylic acids is 1. The number of nitrogens with zero attached hydrogens (tertiary/aromatic N) is 1. The van der Waals surface area contributed by atoms with Crippen LogP contribution in [0.1, 0.15) is 35.3 Å². The molecule has 172 valence electrons. The standard InChI is InChI=1S/C27H29FN2O3/c1-19-15-30(16-20(2)33-19)17-23-6-3-4-9-26(23)29-27(31)22-7-5-8-25(14-22)32-18-21-10-12-24(28)13-11-21/h3-14,19-20H,15-18H2,1-2H3,(H,29,31). The van der Waals surface area contributed by atoms with E-state index in [-0.39, 0.29) is 23.9 Å². The topological polar surface area (TPSA) is 50.8 Å². The van der Waals surface area contributed by atoms with Crippen molar-refractivity contribution in [1.29, 1.82) is 0 Å². The fraction of sp³-hybridized carbons (Fsp3) is 0.296. The fourth-order valence-electron chi connectivity index (χ4n) is 4.10. The molecule has 5 nitrogen and oxygen atoms in total. The fourth-order valence-corrected chi connectivity index (χ4v) is 4.10. The van der Waals surface area contributed by atoms with E-state index in [0.717, 1.165) is 36.4 Å². The van der Waals surface area contributed by atoms with Gasteiger partial charge in [-0.3, -0.25) is 9.69 Å². The molecule has 1 N–H and O–H groups in total. The monoisotopic (exact) mass is 448 g/mol. The summed E-state index contributed by atoms with van der Waals surface area (Å²) in [6, 6.07) is 21.1.